The molecule has 0 spiro atoms. The molecule has 1 amide bonds. The van der Waals surface area contributed by atoms with Gasteiger partial charge in [-0.25, -0.2) is 0 Å². The summed E-state index contributed by atoms with van der Waals surface area (Å²) < 4.78 is 5.25. The van der Waals surface area contributed by atoms with Crippen molar-refractivity contribution in [1.82, 2.24) is 10.6 Å². The summed E-state index contributed by atoms with van der Waals surface area (Å²) in [6, 6.07) is 7.68. The van der Waals surface area contributed by atoms with Gasteiger partial charge in [-0.15, -0.1) is 24.0 Å². The standard InChI is InChI=1S/C18H26N4O2.HI/c1-19-18(20-11-13-5-3-6-13)21-14-9-17(23)22(12-14)15-7-4-8-16(10-15)24-2;/h4,7-8,10,13-14H,3,5-6,9,11-12H2,1-2H3,(H2,19,20,21);1H. The number of halogens is 1. The second-order valence-corrected chi connectivity index (χ2v) is 6.50. The molecular formula is C18H27IN4O2. The van der Waals surface area contributed by atoms with Gasteiger partial charge < -0.3 is 20.3 Å². The predicted molar refractivity (Wildman–Crippen MR) is 111 cm³/mol. The fraction of sp³-hybridized carbons (Fsp3) is 0.556. The van der Waals surface area contributed by atoms with E-state index in [4.69, 9.17) is 4.74 Å². The number of carbonyl (C=O) groups excluding carboxylic acids is 1. The Hall–Kier alpha value is -1.51. The van der Waals surface area contributed by atoms with Gasteiger partial charge in [0.2, 0.25) is 5.91 Å². The van der Waals surface area contributed by atoms with Crippen molar-refractivity contribution in [2.45, 2.75) is 31.7 Å². The molecule has 25 heavy (non-hydrogen) atoms. The molecule has 1 aromatic carbocycles. The van der Waals surface area contributed by atoms with Crippen LogP contribution in [0.4, 0.5) is 5.69 Å². The lowest BCUT2D eigenvalue weighted by Crippen LogP contribution is -2.46. The van der Waals surface area contributed by atoms with E-state index in [9.17, 15) is 4.79 Å². The maximum Gasteiger partial charge on any atom is 0.229 e. The molecule has 1 unspecified atom stereocenters. The minimum absolute atomic E-state index is 0. The monoisotopic (exact) mass is 458 g/mol. The number of nitrogens with zero attached hydrogens (tertiary/aromatic N) is 2. The molecule has 2 fully saturated rings. The van der Waals surface area contributed by atoms with Crippen molar-refractivity contribution in [3.63, 3.8) is 0 Å². The van der Waals surface area contributed by atoms with Gasteiger partial charge in [-0.3, -0.25) is 9.79 Å². The third-order valence-electron chi connectivity index (χ3n) is 4.84. The Morgan fingerprint density at radius 2 is 2.20 bits per heavy atom. The molecule has 2 aliphatic rings. The zero-order chi connectivity index (χ0) is 16.9. The van der Waals surface area contributed by atoms with Crippen LogP contribution in [0.5, 0.6) is 5.75 Å². The van der Waals surface area contributed by atoms with Gasteiger partial charge in [0.1, 0.15) is 5.75 Å². The summed E-state index contributed by atoms with van der Waals surface area (Å²) in [6.45, 7) is 1.59. The highest BCUT2D eigenvalue weighted by molar-refractivity contribution is 14.0. The quantitative estimate of drug-likeness (QED) is 0.404. The molecule has 1 aromatic rings. The minimum atomic E-state index is 0. The van der Waals surface area contributed by atoms with E-state index < -0.39 is 0 Å². The van der Waals surface area contributed by atoms with Gasteiger partial charge in [-0.1, -0.05) is 12.5 Å². The zero-order valence-electron chi connectivity index (χ0n) is 14.8. The van der Waals surface area contributed by atoms with E-state index in [2.05, 4.69) is 15.6 Å². The highest BCUT2D eigenvalue weighted by Crippen LogP contribution is 2.26. The van der Waals surface area contributed by atoms with Crippen LogP contribution in [0.25, 0.3) is 0 Å². The first-order chi connectivity index (χ1) is 11.7. The lowest BCUT2D eigenvalue weighted by Gasteiger charge is -2.27. The molecule has 3 rings (SSSR count). The first-order valence-corrected chi connectivity index (χ1v) is 8.61. The summed E-state index contributed by atoms with van der Waals surface area (Å²) in [5.41, 5.74) is 0.876. The van der Waals surface area contributed by atoms with Crippen LogP contribution < -0.4 is 20.3 Å². The summed E-state index contributed by atoms with van der Waals surface area (Å²) >= 11 is 0. The number of hydrogen-bond acceptors (Lipinski definition) is 3. The molecule has 1 saturated carbocycles. The van der Waals surface area contributed by atoms with Crippen LogP contribution >= 0.6 is 24.0 Å². The number of ether oxygens (including phenoxy) is 1. The normalized spacial score (nSPS) is 20.7. The third-order valence-corrected chi connectivity index (χ3v) is 4.84. The Morgan fingerprint density at radius 3 is 2.84 bits per heavy atom. The van der Waals surface area contributed by atoms with Crippen molar-refractivity contribution in [1.29, 1.82) is 0 Å². The highest BCUT2D eigenvalue weighted by atomic mass is 127. The molecule has 0 bridgehead atoms. The van der Waals surface area contributed by atoms with Crippen LogP contribution in [-0.4, -0.2) is 45.2 Å². The summed E-state index contributed by atoms with van der Waals surface area (Å²) in [5, 5.41) is 6.75. The molecule has 6 nitrogen and oxygen atoms in total. The van der Waals surface area contributed by atoms with Crippen LogP contribution in [0.1, 0.15) is 25.7 Å². The summed E-state index contributed by atoms with van der Waals surface area (Å²) in [7, 11) is 3.40. The molecule has 7 heteroatoms. The fourth-order valence-corrected chi connectivity index (χ4v) is 3.16. The minimum Gasteiger partial charge on any atom is -0.497 e. The topological polar surface area (TPSA) is 66.0 Å². The van der Waals surface area contributed by atoms with E-state index in [-0.39, 0.29) is 35.9 Å². The number of benzene rings is 1. The molecule has 1 atom stereocenters. The predicted octanol–water partition coefficient (Wildman–Crippen LogP) is 2.38. The Morgan fingerprint density at radius 1 is 1.40 bits per heavy atom. The summed E-state index contributed by atoms with van der Waals surface area (Å²) in [4.78, 5) is 18.4. The van der Waals surface area contributed by atoms with Crippen molar-refractivity contribution < 1.29 is 9.53 Å². The maximum absolute atomic E-state index is 12.4. The largest absolute Gasteiger partial charge is 0.497 e. The number of nitrogens with one attached hydrogen (secondary N) is 2. The fourth-order valence-electron chi connectivity index (χ4n) is 3.16. The lowest BCUT2D eigenvalue weighted by atomic mass is 9.85. The second kappa shape index (κ2) is 9.26. The SMILES string of the molecule is CN=C(NCC1CCC1)NC1CC(=O)N(c2cccc(OC)c2)C1.I. The van der Waals surface area contributed by atoms with Crippen LogP contribution in [0.3, 0.4) is 0 Å². The number of aliphatic imine (C=N–C) groups is 1. The lowest BCUT2D eigenvalue weighted by molar-refractivity contribution is -0.117. The van der Waals surface area contributed by atoms with Gasteiger partial charge in [-0.2, -0.15) is 0 Å². The van der Waals surface area contributed by atoms with Gasteiger partial charge in [0, 0.05) is 38.3 Å². The van der Waals surface area contributed by atoms with Gasteiger partial charge in [-0.05, 0) is 30.9 Å². The molecule has 2 N–H and O–H groups in total. The summed E-state index contributed by atoms with van der Waals surface area (Å²) in [6.07, 6.45) is 4.41. The van der Waals surface area contributed by atoms with Gasteiger partial charge >= 0.3 is 0 Å². The first kappa shape index (κ1) is 19.8. The van der Waals surface area contributed by atoms with Gasteiger partial charge in [0.25, 0.3) is 0 Å². The van der Waals surface area contributed by atoms with Crippen molar-refractivity contribution in [3.05, 3.63) is 24.3 Å². The molecular weight excluding hydrogens is 431 g/mol. The molecule has 1 aliphatic heterocycles. The number of rotatable bonds is 5. The second-order valence-electron chi connectivity index (χ2n) is 6.50. The van der Waals surface area contributed by atoms with Crippen molar-refractivity contribution in [2.75, 3.05) is 32.1 Å². The number of hydrogen-bond donors (Lipinski definition) is 2. The van der Waals surface area contributed by atoms with Crippen LogP contribution in [0.2, 0.25) is 0 Å². The van der Waals surface area contributed by atoms with Crippen molar-refractivity contribution in [2.24, 2.45) is 10.9 Å². The molecule has 1 heterocycles. The van der Waals surface area contributed by atoms with Gasteiger partial charge in [0.15, 0.2) is 5.96 Å². The summed E-state index contributed by atoms with van der Waals surface area (Å²) in [5.74, 6) is 2.43. The smallest absolute Gasteiger partial charge is 0.229 e. The van der Waals surface area contributed by atoms with E-state index in [0.29, 0.717) is 13.0 Å². The van der Waals surface area contributed by atoms with Crippen LogP contribution in [0.15, 0.2) is 29.3 Å². The zero-order valence-corrected chi connectivity index (χ0v) is 17.2. The van der Waals surface area contributed by atoms with E-state index in [0.717, 1.165) is 29.9 Å². The number of anilines is 1. The van der Waals surface area contributed by atoms with Crippen LogP contribution in [-0.2, 0) is 4.79 Å². The average molecular weight is 458 g/mol. The van der Waals surface area contributed by atoms with Crippen molar-refractivity contribution in [3.8, 4) is 5.75 Å². The van der Waals surface area contributed by atoms with Crippen LogP contribution in [0, 0.1) is 5.92 Å². The van der Waals surface area contributed by atoms with Gasteiger partial charge in [0.05, 0.1) is 13.2 Å². The number of carbonyl (C=O) groups is 1. The Kier molecular flexibility index (Phi) is 7.34. The van der Waals surface area contributed by atoms with E-state index in [1.807, 2.05) is 24.3 Å². The first-order valence-electron chi connectivity index (χ1n) is 8.61. The van der Waals surface area contributed by atoms with E-state index in [1.165, 1.54) is 19.3 Å². The molecule has 0 radical (unpaired) electrons. The van der Waals surface area contributed by atoms with E-state index >= 15 is 0 Å². The van der Waals surface area contributed by atoms with Crippen molar-refractivity contribution >= 4 is 41.5 Å². The molecule has 1 saturated heterocycles. The molecule has 138 valence electrons. The number of amides is 1. The Balaban J connectivity index is 0.00000225. The number of methoxy groups -OCH3 is 1. The number of guanidine groups is 1. The Labute approximate surface area is 166 Å². The van der Waals surface area contributed by atoms with E-state index in [1.54, 1.807) is 19.1 Å². The molecule has 1 aliphatic carbocycles. The Bertz CT molecular complexity index is 619. The average Bonchev–Trinajstić information content (AvgIpc) is 2.93. The highest BCUT2D eigenvalue weighted by Gasteiger charge is 2.31. The molecule has 0 aromatic heterocycles. The maximum atomic E-state index is 12.4. The third kappa shape index (κ3) is 4.99.